The number of hydrogen-bond donors (Lipinski definition) is 1. The molecule has 0 aliphatic heterocycles. The van der Waals surface area contributed by atoms with Crippen molar-refractivity contribution in [1.82, 2.24) is 4.72 Å². The van der Waals surface area contributed by atoms with Crippen LogP contribution in [0.15, 0.2) is 17.0 Å². The van der Waals surface area contributed by atoms with Gasteiger partial charge in [-0.3, -0.25) is 0 Å². The second kappa shape index (κ2) is 6.78. The van der Waals surface area contributed by atoms with Gasteiger partial charge in [-0.25, -0.2) is 17.5 Å². The van der Waals surface area contributed by atoms with Gasteiger partial charge in [-0.1, -0.05) is 15.9 Å². The van der Waals surface area contributed by atoms with Crippen molar-refractivity contribution in [3.63, 3.8) is 0 Å². The van der Waals surface area contributed by atoms with E-state index in [0.29, 0.717) is 16.5 Å². The van der Waals surface area contributed by atoms with Gasteiger partial charge in [0.15, 0.2) is 0 Å². The van der Waals surface area contributed by atoms with Crippen LogP contribution in [-0.2, 0) is 14.8 Å². The van der Waals surface area contributed by atoms with E-state index >= 15 is 0 Å². The van der Waals surface area contributed by atoms with Crippen molar-refractivity contribution in [3.8, 4) is 0 Å². The maximum Gasteiger partial charge on any atom is 0.241 e. The van der Waals surface area contributed by atoms with E-state index in [-0.39, 0.29) is 17.5 Å². The summed E-state index contributed by atoms with van der Waals surface area (Å²) in [5.74, 6) is -0.442. The minimum absolute atomic E-state index is 0.121. The number of halogens is 2. The predicted molar refractivity (Wildman–Crippen MR) is 75.7 cm³/mol. The molecule has 0 saturated heterocycles. The number of benzene rings is 1. The van der Waals surface area contributed by atoms with Crippen LogP contribution in [0, 0.1) is 19.7 Å². The highest BCUT2D eigenvalue weighted by molar-refractivity contribution is 9.09. The molecule has 1 atom stereocenters. The molecule has 108 valence electrons. The van der Waals surface area contributed by atoms with Gasteiger partial charge in [0.2, 0.25) is 10.0 Å². The zero-order valence-corrected chi connectivity index (χ0v) is 13.4. The molecule has 1 unspecified atom stereocenters. The minimum atomic E-state index is -3.70. The predicted octanol–water partition coefficient (Wildman–Crippen LogP) is 2.13. The van der Waals surface area contributed by atoms with E-state index in [1.807, 2.05) is 0 Å². The van der Waals surface area contributed by atoms with E-state index in [0.717, 1.165) is 0 Å². The molecule has 19 heavy (non-hydrogen) atoms. The van der Waals surface area contributed by atoms with E-state index in [4.69, 9.17) is 4.74 Å². The smallest absolute Gasteiger partial charge is 0.241 e. The minimum Gasteiger partial charge on any atom is -0.383 e. The fourth-order valence-corrected chi connectivity index (χ4v) is 4.15. The molecule has 1 rings (SSSR count). The van der Waals surface area contributed by atoms with Gasteiger partial charge in [0.25, 0.3) is 0 Å². The number of ether oxygens (including phenoxy) is 1. The SMILES string of the molecule is COCC(CBr)NS(=O)(=O)c1c(C)cc(F)cc1C. The Hall–Kier alpha value is -0.500. The lowest BCUT2D eigenvalue weighted by Gasteiger charge is -2.18. The van der Waals surface area contributed by atoms with Crippen molar-refractivity contribution in [1.29, 1.82) is 0 Å². The zero-order chi connectivity index (χ0) is 14.6. The molecule has 0 fully saturated rings. The Bertz CT molecular complexity index is 525. The highest BCUT2D eigenvalue weighted by atomic mass is 79.9. The van der Waals surface area contributed by atoms with Crippen molar-refractivity contribution in [3.05, 3.63) is 29.1 Å². The highest BCUT2D eigenvalue weighted by Gasteiger charge is 2.23. The Balaban J connectivity index is 3.14. The third-order valence-corrected chi connectivity index (χ3v) is 5.18. The number of hydrogen-bond acceptors (Lipinski definition) is 3. The molecule has 4 nitrogen and oxygen atoms in total. The lowest BCUT2D eigenvalue weighted by molar-refractivity contribution is 0.182. The maximum atomic E-state index is 13.2. The first-order chi connectivity index (χ1) is 8.81. The highest BCUT2D eigenvalue weighted by Crippen LogP contribution is 2.21. The van der Waals surface area contributed by atoms with E-state index in [9.17, 15) is 12.8 Å². The van der Waals surface area contributed by atoms with Crippen LogP contribution in [0.25, 0.3) is 0 Å². The molecule has 0 bridgehead atoms. The Labute approximate surface area is 121 Å². The summed E-state index contributed by atoms with van der Waals surface area (Å²) in [5, 5.41) is 0.430. The quantitative estimate of drug-likeness (QED) is 0.797. The van der Waals surface area contributed by atoms with Crippen molar-refractivity contribution in [2.24, 2.45) is 0 Å². The van der Waals surface area contributed by atoms with Gasteiger partial charge in [0, 0.05) is 12.4 Å². The zero-order valence-electron chi connectivity index (χ0n) is 11.0. The van der Waals surface area contributed by atoms with E-state index < -0.39 is 15.8 Å². The maximum absolute atomic E-state index is 13.2. The van der Waals surface area contributed by atoms with Crippen LogP contribution in [0.3, 0.4) is 0 Å². The van der Waals surface area contributed by atoms with Crippen molar-refractivity contribution in [2.45, 2.75) is 24.8 Å². The summed E-state index contributed by atoms with van der Waals surface area (Å²) in [7, 11) is -2.20. The Kier molecular flexibility index (Phi) is 5.91. The van der Waals surface area contributed by atoms with Crippen molar-refractivity contribution < 1.29 is 17.5 Å². The molecule has 7 heteroatoms. The largest absolute Gasteiger partial charge is 0.383 e. The van der Waals surface area contributed by atoms with Gasteiger partial charge in [0.1, 0.15) is 5.82 Å². The Morgan fingerprint density at radius 2 is 1.89 bits per heavy atom. The standard InChI is InChI=1S/C12H17BrFNO3S/c1-8-4-10(14)5-9(2)12(8)19(16,17)15-11(6-13)7-18-3/h4-5,11,15H,6-7H2,1-3H3. The number of aryl methyl sites for hydroxylation is 2. The topological polar surface area (TPSA) is 55.4 Å². The molecule has 0 aromatic heterocycles. The molecule has 0 saturated carbocycles. The van der Waals surface area contributed by atoms with Crippen molar-refractivity contribution >= 4 is 26.0 Å². The first kappa shape index (κ1) is 16.6. The number of alkyl halides is 1. The average Bonchev–Trinajstić information content (AvgIpc) is 2.25. The molecule has 0 radical (unpaired) electrons. The molecule has 0 heterocycles. The molecule has 1 aromatic carbocycles. The monoisotopic (exact) mass is 353 g/mol. The summed E-state index contributed by atoms with van der Waals surface area (Å²) in [5.41, 5.74) is 0.770. The number of sulfonamides is 1. The lowest BCUT2D eigenvalue weighted by atomic mass is 10.1. The Morgan fingerprint density at radius 1 is 1.37 bits per heavy atom. The van der Waals surface area contributed by atoms with E-state index in [1.54, 1.807) is 13.8 Å². The molecule has 1 aromatic rings. The van der Waals surface area contributed by atoms with E-state index in [1.165, 1.54) is 19.2 Å². The summed E-state index contributed by atoms with van der Waals surface area (Å²) >= 11 is 3.22. The van der Waals surface area contributed by atoms with Gasteiger partial charge in [-0.2, -0.15) is 0 Å². The van der Waals surface area contributed by atoms with Crippen LogP contribution in [-0.4, -0.2) is 33.5 Å². The molecular formula is C12H17BrFNO3S. The first-order valence-corrected chi connectivity index (χ1v) is 8.26. The van der Waals surface area contributed by atoms with E-state index in [2.05, 4.69) is 20.7 Å². The van der Waals surface area contributed by atoms with Crippen LogP contribution in [0.1, 0.15) is 11.1 Å². The Morgan fingerprint density at radius 3 is 2.32 bits per heavy atom. The summed E-state index contributed by atoms with van der Waals surface area (Å²) in [6.45, 7) is 3.40. The fraction of sp³-hybridized carbons (Fsp3) is 0.500. The summed E-state index contributed by atoms with van der Waals surface area (Å²) in [4.78, 5) is 0.121. The normalized spacial score (nSPS) is 13.5. The third kappa shape index (κ3) is 4.24. The van der Waals surface area contributed by atoms with Gasteiger partial charge in [-0.05, 0) is 37.1 Å². The van der Waals surface area contributed by atoms with Crippen LogP contribution in [0.2, 0.25) is 0 Å². The van der Waals surface area contributed by atoms with Gasteiger partial charge in [-0.15, -0.1) is 0 Å². The molecule has 0 aliphatic rings. The van der Waals surface area contributed by atoms with Gasteiger partial charge in [0.05, 0.1) is 17.5 Å². The lowest BCUT2D eigenvalue weighted by Crippen LogP contribution is -2.39. The van der Waals surface area contributed by atoms with Crippen LogP contribution in [0.5, 0.6) is 0 Å². The first-order valence-electron chi connectivity index (χ1n) is 5.65. The molecule has 0 aliphatic carbocycles. The number of nitrogens with one attached hydrogen (secondary N) is 1. The van der Waals surface area contributed by atoms with Crippen LogP contribution in [0.4, 0.5) is 4.39 Å². The molecule has 0 spiro atoms. The van der Waals surface area contributed by atoms with Crippen LogP contribution >= 0.6 is 15.9 Å². The van der Waals surface area contributed by atoms with Crippen molar-refractivity contribution in [2.75, 3.05) is 19.0 Å². The average molecular weight is 354 g/mol. The molecule has 0 amide bonds. The summed E-state index contributed by atoms with van der Waals surface area (Å²) in [6, 6.07) is 2.04. The second-order valence-electron chi connectivity index (χ2n) is 4.30. The molecular weight excluding hydrogens is 337 g/mol. The van der Waals surface area contributed by atoms with Gasteiger partial charge < -0.3 is 4.74 Å². The summed E-state index contributed by atoms with van der Waals surface area (Å²) < 4.78 is 45.3. The fourth-order valence-electron chi connectivity index (χ4n) is 1.91. The van der Waals surface area contributed by atoms with Gasteiger partial charge >= 0.3 is 0 Å². The molecule has 1 N–H and O–H groups in total. The third-order valence-electron chi connectivity index (χ3n) is 2.57. The van der Waals surface area contributed by atoms with Crippen LogP contribution < -0.4 is 4.72 Å². The number of rotatable bonds is 6. The summed E-state index contributed by atoms with van der Waals surface area (Å²) in [6.07, 6.45) is 0. The number of methoxy groups -OCH3 is 1. The second-order valence-corrected chi connectivity index (χ2v) is 6.59.